The summed E-state index contributed by atoms with van der Waals surface area (Å²) in [6.45, 7) is 5.05. The van der Waals surface area contributed by atoms with Gasteiger partial charge in [0.05, 0.1) is 17.1 Å². The summed E-state index contributed by atoms with van der Waals surface area (Å²) in [5, 5.41) is 0.680. The Bertz CT molecular complexity index is 979. The highest BCUT2D eigenvalue weighted by Gasteiger charge is 2.31. The lowest BCUT2D eigenvalue weighted by molar-refractivity contribution is 0.0601. The van der Waals surface area contributed by atoms with Gasteiger partial charge in [-0.2, -0.15) is 0 Å². The number of hydrogen-bond donors (Lipinski definition) is 1. The van der Waals surface area contributed by atoms with Gasteiger partial charge in [-0.25, -0.2) is 4.98 Å². The van der Waals surface area contributed by atoms with Crippen molar-refractivity contribution in [2.24, 2.45) is 0 Å². The first-order chi connectivity index (χ1) is 13.0. The van der Waals surface area contributed by atoms with Crippen LogP contribution in [-0.2, 0) is 0 Å². The number of piperidine rings is 1. The quantitative estimate of drug-likeness (QED) is 0.631. The average Bonchev–Trinajstić information content (AvgIpc) is 3.10. The molecule has 1 atom stereocenters. The highest BCUT2D eigenvalue weighted by Crippen LogP contribution is 2.32. The van der Waals surface area contributed by atoms with E-state index in [9.17, 15) is 4.79 Å². The summed E-state index contributed by atoms with van der Waals surface area (Å²) in [6.07, 6.45) is 3.04. The van der Waals surface area contributed by atoms with Gasteiger partial charge in [0.25, 0.3) is 5.91 Å². The first kappa shape index (κ1) is 18.1. The van der Waals surface area contributed by atoms with Crippen LogP contribution in [0.3, 0.4) is 0 Å². The molecule has 1 aliphatic rings. The number of amides is 1. The summed E-state index contributed by atoms with van der Waals surface area (Å²) >= 11 is 6.10. The van der Waals surface area contributed by atoms with Crippen LogP contribution in [0.2, 0.25) is 5.02 Å². The van der Waals surface area contributed by atoms with Gasteiger partial charge in [0.1, 0.15) is 5.82 Å². The molecule has 0 saturated carbocycles. The molecule has 27 heavy (non-hydrogen) atoms. The number of imidazole rings is 1. The second-order valence-electron chi connectivity index (χ2n) is 7.57. The standard InChI is InChI=1S/C22H24ClN3O/c1-14(2)15-6-5-7-16(12-15)22(27)26-11-4-3-8-20(26)21-24-18-10-9-17(23)13-19(18)25-21/h5-7,9-10,12-14,20H,3-4,8,11H2,1-2H3,(H,24,25). The summed E-state index contributed by atoms with van der Waals surface area (Å²) in [5.74, 6) is 1.33. The predicted molar refractivity (Wildman–Crippen MR) is 109 cm³/mol. The van der Waals surface area contributed by atoms with Crippen molar-refractivity contribution in [3.8, 4) is 0 Å². The van der Waals surface area contributed by atoms with Crippen LogP contribution in [0.5, 0.6) is 0 Å². The molecule has 1 fully saturated rings. The fraction of sp³-hybridized carbons (Fsp3) is 0.364. The van der Waals surface area contributed by atoms with E-state index in [4.69, 9.17) is 16.6 Å². The Morgan fingerprint density at radius 2 is 2.07 bits per heavy atom. The Balaban J connectivity index is 1.67. The molecule has 1 aliphatic heterocycles. The van der Waals surface area contributed by atoms with Gasteiger partial charge in [-0.05, 0) is 61.1 Å². The molecule has 0 spiro atoms. The smallest absolute Gasteiger partial charge is 0.254 e. The molecule has 1 saturated heterocycles. The van der Waals surface area contributed by atoms with Gasteiger partial charge in [0, 0.05) is 17.1 Å². The highest BCUT2D eigenvalue weighted by molar-refractivity contribution is 6.31. The molecular weight excluding hydrogens is 358 g/mol. The first-order valence-corrected chi connectivity index (χ1v) is 9.97. The minimum atomic E-state index is -0.0277. The zero-order valence-electron chi connectivity index (χ0n) is 15.7. The van der Waals surface area contributed by atoms with E-state index in [1.54, 1.807) is 0 Å². The lowest BCUT2D eigenvalue weighted by Gasteiger charge is -2.34. The number of halogens is 1. The molecule has 3 aromatic rings. The molecule has 1 unspecified atom stereocenters. The molecule has 2 heterocycles. The van der Waals surface area contributed by atoms with Gasteiger partial charge in [-0.15, -0.1) is 0 Å². The van der Waals surface area contributed by atoms with Crippen LogP contribution >= 0.6 is 11.6 Å². The summed E-state index contributed by atoms with van der Waals surface area (Å²) in [6, 6.07) is 13.6. The van der Waals surface area contributed by atoms with Crippen LogP contribution < -0.4 is 0 Å². The van der Waals surface area contributed by atoms with E-state index in [1.807, 2.05) is 41.3 Å². The Labute approximate surface area is 164 Å². The van der Waals surface area contributed by atoms with Crippen LogP contribution in [0.15, 0.2) is 42.5 Å². The Kier molecular flexibility index (Phi) is 4.92. The fourth-order valence-corrected chi connectivity index (χ4v) is 3.99. The third-order valence-electron chi connectivity index (χ3n) is 5.34. The van der Waals surface area contributed by atoms with Crippen molar-refractivity contribution < 1.29 is 4.79 Å². The molecular formula is C22H24ClN3O. The molecule has 5 heteroatoms. The number of hydrogen-bond acceptors (Lipinski definition) is 2. The number of likely N-dealkylation sites (tertiary alicyclic amines) is 1. The van der Waals surface area contributed by atoms with Crippen LogP contribution in [0.1, 0.15) is 66.8 Å². The number of fused-ring (bicyclic) bond motifs is 1. The van der Waals surface area contributed by atoms with E-state index in [-0.39, 0.29) is 11.9 Å². The SMILES string of the molecule is CC(C)c1cccc(C(=O)N2CCCCC2c2nc3ccc(Cl)cc3[nH]2)c1. The molecule has 1 amide bonds. The number of H-pyrrole nitrogens is 1. The van der Waals surface area contributed by atoms with E-state index in [0.29, 0.717) is 10.9 Å². The molecule has 1 aromatic heterocycles. The summed E-state index contributed by atoms with van der Waals surface area (Å²) in [5.41, 5.74) is 3.74. The van der Waals surface area contributed by atoms with Crippen molar-refractivity contribution in [1.82, 2.24) is 14.9 Å². The van der Waals surface area contributed by atoms with Crippen molar-refractivity contribution in [2.45, 2.75) is 45.1 Å². The van der Waals surface area contributed by atoms with Crippen LogP contribution in [0.25, 0.3) is 11.0 Å². The number of carbonyl (C=O) groups is 1. The third-order valence-corrected chi connectivity index (χ3v) is 5.58. The zero-order chi connectivity index (χ0) is 19.0. The number of rotatable bonds is 3. The van der Waals surface area contributed by atoms with Crippen molar-refractivity contribution in [3.05, 3.63) is 64.4 Å². The van der Waals surface area contributed by atoms with Gasteiger partial charge in [0.15, 0.2) is 0 Å². The fourth-order valence-electron chi connectivity index (χ4n) is 3.81. The average molecular weight is 382 g/mol. The number of benzene rings is 2. The van der Waals surface area contributed by atoms with Crippen LogP contribution in [0.4, 0.5) is 0 Å². The van der Waals surface area contributed by atoms with Gasteiger partial charge in [-0.1, -0.05) is 37.6 Å². The maximum Gasteiger partial charge on any atom is 0.254 e. The molecule has 2 aromatic carbocycles. The zero-order valence-corrected chi connectivity index (χ0v) is 16.5. The lowest BCUT2D eigenvalue weighted by Crippen LogP contribution is -2.39. The van der Waals surface area contributed by atoms with Crippen molar-refractivity contribution >= 4 is 28.5 Å². The normalized spacial score (nSPS) is 17.6. The number of carbonyl (C=O) groups excluding carboxylic acids is 1. The lowest BCUT2D eigenvalue weighted by atomic mass is 9.97. The first-order valence-electron chi connectivity index (χ1n) is 9.59. The summed E-state index contributed by atoms with van der Waals surface area (Å²) in [4.78, 5) is 23.4. The van der Waals surface area contributed by atoms with Gasteiger partial charge >= 0.3 is 0 Å². The van der Waals surface area contributed by atoms with Crippen LogP contribution in [-0.4, -0.2) is 27.3 Å². The molecule has 1 N–H and O–H groups in total. The molecule has 0 radical (unpaired) electrons. The molecule has 0 bridgehead atoms. The third kappa shape index (κ3) is 3.59. The van der Waals surface area contributed by atoms with Crippen molar-refractivity contribution in [2.75, 3.05) is 6.54 Å². The number of nitrogens with one attached hydrogen (secondary N) is 1. The Morgan fingerprint density at radius 3 is 2.89 bits per heavy atom. The van der Waals surface area contributed by atoms with E-state index in [0.717, 1.165) is 48.2 Å². The molecule has 4 rings (SSSR count). The monoisotopic (exact) mass is 381 g/mol. The van der Waals surface area contributed by atoms with Gasteiger partial charge < -0.3 is 9.88 Å². The minimum Gasteiger partial charge on any atom is -0.340 e. The van der Waals surface area contributed by atoms with E-state index in [2.05, 4.69) is 24.9 Å². The number of nitrogens with zero attached hydrogens (tertiary/aromatic N) is 2. The molecule has 0 aliphatic carbocycles. The number of aromatic amines is 1. The second-order valence-corrected chi connectivity index (χ2v) is 8.01. The minimum absolute atomic E-state index is 0.0277. The summed E-state index contributed by atoms with van der Waals surface area (Å²) < 4.78 is 0. The second kappa shape index (κ2) is 7.35. The van der Waals surface area contributed by atoms with E-state index >= 15 is 0 Å². The Morgan fingerprint density at radius 1 is 1.22 bits per heavy atom. The van der Waals surface area contributed by atoms with Crippen LogP contribution in [0, 0.1) is 0 Å². The van der Waals surface area contributed by atoms with Gasteiger partial charge in [-0.3, -0.25) is 4.79 Å². The largest absolute Gasteiger partial charge is 0.340 e. The van der Waals surface area contributed by atoms with E-state index < -0.39 is 0 Å². The molecule has 140 valence electrons. The molecule has 4 nitrogen and oxygen atoms in total. The topological polar surface area (TPSA) is 49.0 Å². The van der Waals surface area contributed by atoms with Crippen molar-refractivity contribution in [1.29, 1.82) is 0 Å². The summed E-state index contributed by atoms with van der Waals surface area (Å²) in [7, 11) is 0. The highest BCUT2D eigenvalue weighted by atomic mass is 35.5. The van der Waals surface area contributed by atoms with Gasteiger partial charge in [0.2, 0.25) is 0 Å². The van der Waals surface area contributed by atoms with E-state index in [1.165, 1.54) is 5.56 Å². The van der Waals surface area contributed by atoms with Crippen molar-refractivity contribution in [3.63, 3.8) is 0 Å². The maximum atomic E-state index is 13.3. The maximum absolute atomic E-state index is 13.3. The Hall–Kier alpha value is -2.33. The predicted octanol–water partition coefficient (Wildman–Crippen LogP) is 5.71. The number of aromatic nitrogens is 2.